The standard InChI is InChI=1S/C14H10FNO.C2H6/c1-17-14-13-10(6-4-7-11(13)15)9-5-2-3-8-12(9)16-14;1-2/h2-8H,1H3;1-2H3. The van der Waals surface area contributed by atoms with Crippen LogP contribution in [0, 0.1) is 5.82 Å². The van der Waals surface area contributed by atoms with Crippen LogP contribution in [0.5, 0.6) is 5.88 Å². The van der Waals surface area contributed by atoms with E-state index in [1.165, 1.54) is 13.2 Å². The van der Waals surface area contributed by atoms with E-state index in [1.54, 1.807) is 6.07 Å². The van der Waals surface area contributed by atoms with Crippen molar-refractivity contribution in [3.63, 3.8) is 0 Å². The Morgan fingerprint density at radius 2 is 1.63 bits per heavy atom. The Bertz CT molecular complexity index is 710. The molecule has 0 saturated carbocycles. The number of hydrogen-bond acceptors (Lipinski definition) is 2. The number of benzene rings is 2. The van der Waals surface area contributed by atoms with Crippen LogP contribution in [0.15, 0.2) is 42.5 Å². The van der Waals surface area contributed by atoms with Crippen LogP contribution in [-0.2, 0) is 0 Å². The van der Waals surface area contributed by atoms with Gasteiger partial charge < -0.3 is 4.74 Å². The molecule has 2 nitrogen and oxygen atoms in total. The maximum absolute atomic E-state index is 13.8. The summed E-state index contributed by atoms with van der Waals surface area (Å²) in [6.45, 7) is 4.00. The summed E-state index contributed by atoms with van der Waals surface area (Å²) in [5.74, 6) is 0.0226. The third kappa shape index (κ3) is 2.24. The van der Waals surface area contributed by atoms with Crippen molar-refractivity contribution in [1.29, 1.82) is 0 Å². The Labute approximate surface area is 111 Å². The highest BCUT2D eigenvalue weighted by Crippen LogP contribution is 2.32. The number of fused-ring (bicyclic) bond motifs is 3. The maximum Gasteiger partial charge on any atom is 0.224 e. The molecule has 0 fully saturated rings. The highest BCUT2D eigenvalue weighted by atomic mass is 19.1. The molecule has 0 aliphatic rings. The Kier molecular flexibility index (Phi) is 3.95. The smallest absolute Gasteiger partial charge is 0.224 e. The molecule has 3 rings (SSSR count). The van der Waals surface area contributed by atoms with Crippen molar-refractivity contribution in [3.8, 4) is 5.88 Å². The number of ether oxygens (including phenoxy) is 1. The van der Waals surface area contributed by atoms with E-state index in [4.69, 9.17) is 4.74 Å². The zero-order valence-electron chi connectivity index (χ0n) is 11.3. The van der Waals surface area contributed by atoms with E-state index in [0.29, 0.717) is 11.3 Å². The van der Waals surface area contributed by atoms with Gasteiger partial charge in [-0.15, -0.1) is 0 Å². The molecule has 3 aromatic rings. The van der Waals surface area contributed by atoms with Gasteiger partial charge in [0, 0.05) is 5.39 Å². The molecule has 1 heterocycles. The zero-order valence-corrected chi connectivity index (χ0v) is 11.3. The summed E-state index contributed by atoms with van der Waals surface area (Å²) in [6.07, 6.45) is 0. The fourth-order valence-electron chi connectivity index (χ4n) is 2.08. The molecule has 0 radical (unpaired) electrons. The van der Waals surface area contributed by atoms with Gasteiger partial charge in [0.25, 0.3) is 0 Å². The highest BCUT2D eigenvalue weighted by molar-refractivity contribution is 6.07. The lowest BCUT2D eigenvalue weighted by Gasteiger charge is -2.08. The quantitative estimate of drug-likeness (QED) is 0.596. The predicted molar refractivity (Wildman–Crippen MR) is 77.1 cm³/mol. The van der Waals surface area contributed by atoms with Crippen molar-refractivity contribution in [2.24, 2.45) is 0 Å². The molecule has 0 aliphatic heterocycles. The van der Waals surface area contributed by atoms with Gasteiger partial charge in [-0.1, -0.05) is 44.2 Å². The fraction of sp³-hybridized carbons (Fsp3) is 0.188. The molecule has 0 aliphatic carbocycles. The van der Waals surface area contributed by atoms with Crippen molar-refractivity contribution < 1.29 is 9.13 Å². The summed E-state index contributed by atoms with van der Waals surface area (Å²) in [5, 5.41) is 2.20. The van der Waals surface area contributed by atoms with Crippen molar-refractivity contribution >= 4 is 21.7 Å². The Morgan fingerprint density at radius 1 is 0.947 bits per heavy atom. The number of hydrogen-bond donors (Lipinski definition) is 0. The van der Waals surface area contributed by atoms with E-state index in [-0.39, 0.29) is 5.82 Å². The number of para-hydroxylation sites is 1. The van der Waals surface area contributed by atoms with Crippen LogP contribution in [0.4, 0.5) is 4.39 Å². The summed E-state index contributed by atoms with van der Waals surface area (Å²) in [5.41, 5.74) is 0.808. The summed E-state index contributed by atoms with van der Waals surface area (Å²) in [7, 11) is 1.50. The van der Waals surface area contributed by atoms with Crippen molar-refractivity contribution in [1.82, 2.24) is 4.98 Å². The Hall–Kier alpha value is -2.16. The Morgan fingerprint density at radius 3 is 2.37 bits per heavy atom. The monoisotopic (exact) mass is 257 g/mol. The first-order chi connectivity index (χ1) is 9.31. The van der Waals surface area contributed by atoms with Gasteiger partial charge in [-0.25, -0.2) is 9.37 Å². The van der Waals surface area contributed by atoms with E-state index in [1.807, 2.05) is 44.2 Å². The zero-order chi connectivity index (χ0) is 13.8. The average molecular weight is 257 g/mol. The average Bonchev–Trinajstić information content (AvgIpc) is 2.48. The topological polar surface area (TPSA) is 22.1 Å². The van der Waals surface area contributed by atoms with Gasteiger partial charge in [-0.3, -0.25) is 0 Å². The van der Waals surface area contributed by atoms with Gasteiger partial charge in [0.05, 0.1) is 18.0 Å². The summed E-state index contributed by atoms with van der Waals surface area (Å²) in [6, 6.07) is 12.6. The third-order valence-corrected chi connectivity index (χ3v) is 2.84. The SMILES string of the molecule is CC.COc1nc2ccccc2c2cccc(F)c12. The van der Waals surface area contributed by atoms with Crippen LogP contribution in [0.1, 0.15) is 13.8 Å². The first-order valence-corrected chi connectivity index (χ1v) is 6.32. The van der Waals surface area contributed by atoms with Crippen molar-refractivity contribution in [2.45, 2.75) is 13.8 Å². The molecule has 0 spiro atoms. The Balaban J connectivity index is 0.000000637. The molecule has 98 valence electrons. The van der Waals surface area contributed by atoms with Gasteiger partial charge in [-0.2, -0.15) is 0 Å². The number of aromatic nitrogens is 1. The molecule has 19 heavy (non-hydrogen) atoms. The minimum Gasteiger partial charge on any atom is -0.480 e. The molecule has 0 saturated heterocycles. The molecule has 0 atom stereocenters. The highest BCUT2D eigenvalue weighted by Gasteiger charge is 2.11. The molecule has 2 aromatic carbocycles. The first kappa shape index (κ1) is 13.3. The van der Waals surface area contributed by atoms with E-state index in [0.717, 1.165) is 16.3 Å². The normalized spacial score (nSPS) is 10.1. The summed E-state index contributed by atoms with van der Waals surface area (Å²) < 4.78 is 19.0. The second-order valence-electron chi connectivity index (χ2n) is 3.80. The lowest BCUT2D eigenvalue weighted by molar-refractivity contribution is 0.403. The molecule has 1 aromatic heterocycles. The fourth-order valence-corrected chi connectivity index (χ4v) is 2.08. The van der Waals surface area contributed by atoms with Crippen LogP contribution >= 0.6 is 0 Å². The molecular formula is C16H16FNO. The molecular weight excluding hydrogens is 241 g/mol. The van der Waals surface area contributed by atoms with Crippen molar-refractivity contribution in [2.75, 3.05) is 7.11 Å². The second kappa shape index (κ2) is 5.65. The first-order valence-electron chi connectivity index (χ1n) is 6.32. The molecule has 0 amide bonds. The summed E-state index contributed by atoms with van der Waals surface area (Å²) >= 11 is 0. The third-order valence-electron chi connectivity index (χ3n) is 2.84. The molecule has 0 unspecified atom stereocenters. The van der Waals surface area contributed by atoms with Crippen LogP contribution in [0.25, 0.3) is 21.7 Å². The van der Waals surface area contributed by atoms with E-state index in [9.17, 15) is 4.39 Å². The predicted octanol–water partition coefficient (Wildman–Crippen LogP) is 4.56. The van der Waals surface area contributed by atoms with E-state index < -0.39 is 0 Å². The van der Waals surface area contributed by atoms with Crippen LogP contribution < -0.4 is 4.74 Å². The number of rotatable bonds is 1. The number of methoxy groups -OCH3 is 1. The second-order valence-corrected chi connectivity index (χ2v) is 3.80. The van der Waals surface area contributed by atoms with Gasteiger partial charge >= 0.3 is 0 Å². The molecule has 0 N–H and O–H groups in total. The minimum atomic E-state index is -0.308. The van der Waals surface area contributed by atoms with Crippen molar-refractivity contribution in [3.05, 3.63) is 48.3 Å². The van der Waals surface area contributed by atoms with E-state index in [2.05, 4.69) is 4.98 Å². The van der Waals surface area contributed by atoms with Crippen LogP contribution in [0.2, 0.25) is 0 Å². The molecule has 3 heteroatoms. The van der Waals surface area contributed by atoms with Crippen LogP contribution in [-0.4, -0.2) is 12.1 Å². The number of nitrogens with zero attached hydrogens (tertiary/aromatic N) is 1. The van der Waals surface area contributed by atoms with Gasteiger partial charge in [0.15, 0.2) is 0 Å². The number of halogens is 1. The lowest BCUT2D eigenvalue weighted by atomic mass is 10.1. The number of pyridine rings is 1. The largest absolute Gasteiger partial charge is 0.480 e. The summed E-state index contributed by atoms with van der Waals surface area (Å²) in [4.78, 5) is 4.32. The van der Waals surface area contributed by atoms with Crippen LogP contribution in [0.3, 0.4) is 0 Å². The van der Waals surface area contributed by atoms with Gasteiger partial charge in [-0.05, 0) is 17.5 Å². The maximum atomic E-state index is 13.8. The lowest BCUT2D eigenvalue weighted by Crippen LogP contribution is -1.93. The molecule has 0 bridgehead atoms. The minimum absolute atomic E-state index is 0.308. The van der Waals surface area contributed by atoms with E-state index >= 15 is 0 Å². The van der Waals surface area contributed by atoms with Gasteiger partial charge in [0.2, 0.25) is 5.88 Å². The van der Waals surface area contributed by atoms with Gasteiger partial charge in [0.1, 0.15) is 5.82 Å².